The van der Waals surface area contributed by atoms with Gasteiger partial charge in [0.05, 0.1) is 13.1 Å². The van der Waals surface area contributed by atoms with Crippen molar-refractivity contribution in [2.45, 2.75) is 6.10 Å². The second-order valence-electron chi connectivity index (χ2n) is 2.70. The summed E-state index contributed by atoms with van der Waals surface area (Å²) in [7, 11) is 1.70. The molecule has 0 saturated carbocycles. The van der Waals surface area contributed by atoms with Crippen LogP contribution in [0.4, 0.5) is 0 Å². The van der Waals surface area contributed by atoms with Crippen LogP contribution >= 0.6 is 0 Å². The van der Waals surface area contributed by atoms with Gasteiger partial charge >= 0.3 is 0 Å². The molecule has 0 aromatic carbocycles. The first-order chi connectivity index (χ1) is 6.31. The number of carbonyl (C=O) groups excluding carboxylic acids is 1. The summed E-state index contributed by atoms with van der Waals surface area (Å²) in [6.45, 7) is 1.86. The van der Waals surface area contributed by atoms with Crippen molar-refractivity contribution >= 4 is 12.3 Å². The van der Waals surface area contributed by atoms with Gasteiger partial charge < -0.3 is 15.4 Å². The van der Waals surface area contributed by atoms with Crippen LogP contribution in [0.15, 0.2) is 17.3 Å². The fourth-order valence-corrected chi connectivity index (χ4v) is 1.20. The lowest BCUT2D eigenvalue weighted by Crippen LogP contribution is -2.54. The number of rotatable bonds is 3. The number of hydrogen-bond acceptors (Lipinski definition) is 4. The summed E-state index contributed by atoms with van der Waals surface area (Å²) >= 11 is 0. The van der Waals surface area contributed by atoms with Crippen molar-refractivity contribution < 1.29 is 9.53 Å². The largest absolute Gasteiger partial charge is 0.461 e. The van der Waals surface area contributed by atoms with Crippen molar-refractivity contribution in [3.8, 4) is 0 Å². The van der Waals surface area contributed by atoms with Crippen LogP contribution in [-0.2, 0) is 9.53 Å². The van der Waals surface area contributed by atoms with Crippen molar-refractivity contribution in [1.82, 2.24) is 4.90 Å². The average Bonchev–Trinajstić information content (AvgIpc) is 2.07. The highest BCUT2D eigenvalue weighted by Crippen LogP contribution is 2.11. The highest BCUT2D eigenvalue weighted by molar-refractivity contribution is 5.93. The molecular formula is C8H13N3O2. The van der Waals surface area contributed by atoms with E-state index in [-0.39, 0.29) is 6.10 Å². The molecule has 1 aliphatic rings. The zero-order chi connectivity index (χ0) is 9.68. The summed E-state index contributed by atoms with van der Waals surface area (Å²) in [4.78, 5) is 16.0. The van der Waals surface area contributed by atoms with E-state index in [0.29, 0.717) is 19.6 Å². The number of likely N-dealkylation sites (tertiary alicyclic amines) is 1. The van der Waals surface area contributed by atoms with Gasteiger partial charge in [0.25, 0.3) is 6.47 Å². The lowest BCUT2D eigenvalue weighted by atomic mass is 10.1. The van der Waals surface area contributed by atoms with Crippen molar-refractivity contribution in [2.24, 2.45) is 10.7 Å². The van der Waals surface area contributed by atoms with E-state index < -0.39 is 0 Å². The predicted octanol–water partition coefficient (Wildman–Crippen LogP) is -0.656. The smallest absolute Gasteiger partial charge is 0.293 e. The minimum atomic E-state index is 0.000393. The van der Waals surface area contributed by atoms with Crippen LogP contribution in [0.25, 0.3) is 0 Å². The van der Waals surface area contributed by atoms with Crippen molar-refractivity contribution in [2.75, 3.05) is 20.1 Å². The van der Waals surface area contributed by atoms with E-state index in [1.165, 1.54) is 6.20 Å². The fourth-order valence-electron chi connectivity index (χ4n) is 1.20. The molecule has 0 amide bonds. The third kappa shape index (κ3) is 2.21. The molecule has 2 N–H and O–H groups in total. The molecule has 72 valence electrons. The van der Waals surface area contributed by atoms with Gasteiger partial charge in [0.1, 0.15) is 11.9 Å². The first-order valence-electron chi connectivity index (χ1n) is 4.01. The lowest BCUT2D eigenvalue weighted by Gasteiger charge is -2.38. The SMILES string of the molecule is CN=C(/C=C\N)N1CC(OC=O)C1. The maximum absolute atomic E-state index is 9.97. The maximum Gasteiger partial charge on any atom is 0.293 e. The molecule has 5 nitrogen and oxygen atoms in total. The molecule has 0 spiro atoms. The second kappa shape index (κ2) is 4.49. The quantitative estimate of drug-likeness (QED) is 0.358. The summed E-state index contributed by atoms with van der Waals surface area (Å²) in [5, 5.41) is 0. The van der Waals surface area contributed by atoms with Crippen LogP contribution in [0.2, 0.25) is 0 Å². The molecule has 0 bridgehead atoms. The van der Waals surface area contributed by atoms with Gasteiger partial charge in [0, 0.05) is 7.05 Å². The molecule has 0 aliphatic carbocycles. The number of hydrogen-bond donors (Lipinski definition) is 1. The number of amidine groups is 1. The third-order valence-electron chi connectivity index (χ3n) is 1.89. The van der Waals surface area contributed by atoms with E-state index in [2.05, 4.69) is 4.99 Å². The van der Waals surface area contributed by atoms with Crippen LogP contribution in [0.3, 0.4) is 0 Å². The Morgan fingerprint density at radius 1 is 1.69 bits per heavy atom. The number of ether oxygens (including phenoxy) is 1. The fraction of sp³-hybridized carbons (Fsp3) is 0.500. The molecule has 0 radical (unpaired) electrons. The molecule has 1 saturated heterocycles. The van der Waals surface area contributed by atoms with E-state index in [4.69, 9.17) is 10.5 Å². The van der Waals surface area contributed by atoms with Crippen molar-refractivity contribution in [3.63, 3.8) is 0 Å². The summed E-state index contributed by atoms with van der Waals surface area (Å²) in [5.41, 5.74) is 5.24. The number of nitrogens with two attached hydrogens (primary N) is 1. The summed E-state index contributed by atoms with van der Waals surface area (Å²) in [6, 6.07) is 0. The average molecular weight is 183 g/mol. The minimum Gasteiger partial charge on any atom is -0.461 e. The van der Waals surface area contributed by atoms with Crippen LogP contribution in [-0.4, -0.2) is 43.4 Å². The molecule has 13 heavy (non-hydrogen) atoms. The maximum atomic E-state index is 9.97. The van der Waals surface area contributed by atoms with Gasteiger partial charge in [-0.05, 0) is 12.3 Å². The Morgan fingerprint density at radius 2 is 2.38 bits per heavy atom. The summed E-state index contributed by atoms with van der Waals surface area (Å²) in [5.74, 6) is 0.813. The second-order valence-corrected chi connectivity index (χ2v) is 2.70. The van der Waals surface area contributed by atoms with Gasteiger partial charge in [-0.25, -0.2) is 0 Å². The van der Waals surface area contributed by atoms with E-state index in [9.17, 15) is 4.79 Å². The zero-order valence-corrected chi connectivity index (χ0v) is 7.51. The molecule has 0 unspecified atom stereocenters. The van der Waals surface area contributed by atoms with Gasteiger partial charge in [-0.2, -0.15) is 0 Å². The monoisotopic (exact) mass is 183 g/mol. The van der Waals surface area contributed by atoms with E-state index >= 15 is 0 Å². The summed E-state index contributed by atoms with van der Waals surface area (Å²) < 4.78 is 4.75. The summed E-state index contributed by atoms with van der Waals surface area (Å²) in [6.07, 6.45) is 3.16. The molecular weight excluding hydrogens is 170 g/mol. The predicted molar refractivity (Wildman–Crippen MR) is 49.2 cm³/mol. The van der Waals surface area contributed by atoms with Crippen LogP contribution in [0, 0.1) is 0 Å². The first-order valence-corrected chi connectivity index (χ1v) is 4.01. The van der Waals surface area contributed by atoms with Gasteiger partial charge in [-0.15, -0.1) is 0 Å². The standard InChI is InChI=1S/C8H13N3O2/c1-10-8(2-3-9)11-4-7(5-11)13-6-12/h2-3,6-7H,4-5,9H2,1H3/b3-2-,10-8?. The Hall–Kier alpha value is -1.52. The molecule has 1 rings (SSSR count). The lowest BCUT2D eigenvalue weighted by molar-refractivity contribution is -0.138. The highest BCUT2D eigenvalue weighted by atomic mass is 16.5. The van der Waals surface area contributed by atoms with Crippen LogP contribution in [0.1, 0.15) is 0 Å². The van der Waals surface area contributed by atoms with Crippen molar-refractivity contribution in [1.29, 1.82) is 0 Å². The zero-order valence-electron chi connectivity index (χ0n) is 7.51. The Kier molecular flexibility index (Phi) is 3.31. The molecule has 1 heterocycles. The number of carbonyl (C=O) groups is 1. The molecule has 1 fully saturated rings. The van der Waals surface area contributed by atoms with E-state index in [1.54, 1.807) is 13.1 Å². The first kappa shape index (κ1) is 9.57. The van der Waals surface area contributed by atoms with E-state index in [1.807, 2.05) is 4.90 Å². The van der Waals surface area contributed by atoms with Gasteiger partial charge in [0.15, 0.2) is 0 Å². The minimum absolute atomic E-state index is 0.000393. The normalized spacial score (nSPS) is 18.8. The molecule has 0 aromatic heterocycles. The van der Waals surface area contributed by atoms with Crippen molar-refractivity contribution in [3.05, 3.63) is 12.3 Å². The number of nitrogens with zero attached hydrogens (tertiary/aromatic N) is 2. The molecule has 0 atom stereocenters. The third-order valence-corrected chi connectivity index (χ3v) is 1.89. The Morgan fingerprint density at radius 3 is 2.85 bits per heavy atom. The Labute approximate surface area is 76.9 Å². The van der Waals surface area contributed by atoms with Crippen LogP contribution in [0.5, 0.6) is 0 Å². The van der Waals surface area contributed by atoms with Gasteiger partial charge in [-0.1, -0.05) is 0 Å². The molecule has 5 heteroatoms. The highest BCUT2D eigenvalue weighted by Gasteiger charge is 2.29. The Balaban J connectivity index is 2.37. The van der Waals surface area contributed by atoms with Gasteiger partial charge in [0.2, 0.25) is 0 Å². The van der Waals surface area contributed by atoms with E-state index in [0.717, 1.165) is 5.84 Å². The topological polar surface area (TPSA) is 67.9 Å². The number of aliphatic imine (C=N–C) groups is 1. The molecule has 0 aromatic rings. The van der Waals surface area contributed by atoms with Crippen LogP contribution < -0.4 is 5.73 Å². The molecule has 1 aliphatic heterocycles. The van der Waals surface area contributed by atoms with Gasteiger partial charge in [-0.3, -0.25) is 9.79 Å². The Bertz CT molecular complexity index is 232.